The molecule has 0 aliphatic carbocycles. The lowest BCUT2D eigenvalue weighted by molar-refractivity contribution is 0.167. The quantitative estimate of drug-likeness (QED) is 0.610. The second-order valence-corrected chi connectivity index (χ2v) is 4.73. The van der Waals surface area contributed by atoms with Gasteiger partial charge in [-0.3, -0.25) is 0 Å². The van der Waals surface area contributed by atoms with Crippen molar-refractivity contribution in [1.82, 2.24) is 5.32 Å². The summed E-state index contributed by atoms with van der Waals surface area (Å²) in [5.74, 6) is 0.734. The van der Waals surface area contributed by atoms with Crippen LogP contribution in [0.1, 0.15) is 40.5 Å². The van der Waals surface area contributed by atoms with Gasteiger partial charge in [-0.05, 0) is 17.8 Å². The van der Waals surface area contributed by atoms with Crippen LogP contribution in [0.2, 0.25) is 0 Å². The van der Waals surface area contributed by atoms with Crippen LogP contribution in [0.15, 0.2) is 0 Å². The van der Waals surface area contributed by atoms with Crippen molar-refractivity contribution in [3.8, 4) is 0 Å². The van der Waals surface area contributed by atoms with Crippen LogP contribution < -0.4 is 5.32 Å². The first-order valence-corrected chi connectivity index (χ1v) is 5.76. The summed E-state index contributed by atoms with van der Waals surface area (Å²) in [5, 5.41) is 3.47. The van der Waals surface area contributed by atoms with Gasteiger partial charge in [0.15, 0.2) is 0 Å². The Morgan fingerprint density at radius 1 is 1.36 bits per heavy atom. The van der Waals surface area contributed by atoms with Crippen LogP contribution in [-0.2, 0) is 4.74 Å². The van der Waals surface area contributed by atoms with Gasteiger partial charge in [0, 0.05) is 20.2 Å². The first-order chi connectivity index (χ1) is 6.56. The molecule has 1 N–H and O–H groups in total. The first-order valence-electron chi connectivity index (χ1n) is 5.76. The van der Waals surface area contributed by atoms with Gasteiger partial charge in [0.05, 0.1) is 6.61 Å². The molecule has 0 aromatic rings. The average molecular weight is 201 g/mol. The van der Waals surface area contributed by atoms with E-state index in [1.807, 2.05) is 0 Å². The van der Waals surface area contributed by atoms with Crippen molar-refractivity contribution in [1.29, 1.82) is 0 Å². The number of hydrogen-bond donors (Lipinski definition) is 1. The molecule has 2 heteroatoms. The number of methoxy groups -OCH3 is 1. The zero-order valence-electron chi connectivity index (χ0n) is 10.5. The molecule has 0 heterocycles. The molecule has 0 bridgehead atoms. The molecule has 0 radical (unpaired) electrons. The molecule has 14 heavy (non-hydrogen) atoms. The Morgan fingerprint density at radius 2 is 2.00 bits per heavy atom. The molecule has 0 rings (SSSR count). The van der Waals surface area contributed by atoms with Gasteiger partial charge in [0.1, 0.15) is 0 Å². The van der Waals surface area contributed by atoms with Crippen molar-refractivity contribution >= 4 is 0 Å². The van der Waals surface area contributed by atoms with Crippen LogP contribution in [-0.4, -0.2) is 26.8 Å². The van der Waals surface area contributed by atoms with Gasteiger partial charge in [-0.15, -0.1) is 0 Å². The van der Waals surface area contributed by atoms with Crippen molar-refractivity contribution in [3.05, 3.63) is 0 Å². The van der Waals surface area contributed by atoms with Gasteiger partial charge < -0.3 is 10.1 Å². The summed E-state index contributed by atoms with van der Waals surface area (Å²) in [6.07, 6.45) is 2.56. The Balaban J connectivity index is 3.84. The fourth-order valence-electron chi connectivity index (χ4n) is 1.70. The maximum atomic E-state index is 5.01. The van der Waals surface area contributed by atoms with Crippen LogP contribution >= 0.6 is 0 Å². The molecule has 0 amide bonds. The Morgan fingerprint density at radius 3 is 2.43 bits per heavy atom. The van der Waals surface area contributed by atoms with Gasteiger partial charge in [-0.1, -0.05) is 34.1 Å². The molecule has 0 aliphatic rings. The number of ether oxygens (including phenoxy) is 1. The molecule has 0 spiro atoms. The Bertz CT molecular complexity index is 136. The van der Waals surface area contributed by atoms with Crippen LogP contribution in [0.3, 0.4) is 0 Å². The maximum Gasteiger partial charge on any atom is 0.0587 e. The second-order valence-electron chi connectivity index (χ2n) is 4.73. The lowest BCUT2D eigenvalue weighted by Crippen LogP contribution is -2.37. The van der Waals surface area contributed by atoms with Crippen LogP contribution in [0.5, 0.6) is 0 Å². The van der Waals surface area contributed by atoms with E-state index in [0.717, 1.165) is 25.6 Å². The van der Waals surface area contributed by atoms with Crippen LogP contribution in [0.25, 0.3) is 0 Å². The zero-order chi connectivity index (χ0) is 11.0. The van der Waals surface area contributed by atoms with Crippen molar-refractivity contribution in [2.45, 2.75) is 40.5 Å². The van der Waals surface area contributed by atoms with Crippen LogP contribution in [0.4, 0.5) is 0 Å². The van der Waals surface area contributed by atoms with E-state index < -0.39 is 0 Å². The predicted octanol–water partition coefficient (Wildman–Crippen LogP) is 2.68. The highest BCUT2D eigenvalue weighted by Crippen LogP contribution is 2.31. The van der Waals surface area contributed by atoms with E-state index >= 15 is 0 Å². The van der Waals surface area contributed by atoms with Crippen LogP contribution in [0, 0.1) is 11.3 Å². The molecule has 1 atom stereocenters. The van der Waals surface area contributed by atoms with Gasteiger partial charge in [0.25, 0.3) is 0 Å². The van der Waals surface area contributed by atoms with Crippen molar-refractivity contribution < 1.29 is 4.74 Å². The van der Waals surface area contributed by atoms with Crippen molar-refractivity contribution in [3.63, 3.8) is 0 Å². The minimum absolute atomic E-state index is 0.433. The molecule has 0 fully saturated rings. The second kappa shape index (κ2) is 7.24. The molecule has 0 saturated carbocycles. The summed E-state index contributed by atoms with van der Waals surface area (Å²) in [5.41, 5.74) is 0.433. The summed E-state index contributed by atoms with van der Waals surface area (Å²) < 4.78 is 5.01. The molecule has 0 aliphatic heterocycles. The third-order valence-electron chi connectivity index (χ3n) is 3.23. The SMILES string of the molecule is CCCC(C)(CNCCOC)C(C)C. The van der Waals surface area contributed by atoms with Gasteiger partial charge >= 0.3 is 0 Å². The third kappa shape index (κ3) is 4.97. The highest BCUT2D eigenvalue weighted by Gasteiger charge is 2.26. The Hall–Kier alpha value is -0.0800. The molecule has 0 aromatic carbocycles. The minimum Gasteiger partial charge on any atom is -0.383 e. The zero-order valence-corrected chi connectivity index (χ0v) is 10.5. The number of hydrogen-bond acceptors (Lipinski definition) is 2. The molecule has 2 nitrogen and oxygen atoms in total. The van der Waals surface area contributed by atoms with Gasteiger partial charge in [-0.25, -0.2) is 0 Å². The van der Waals surface area contributed by atoms with E-state index in [2.05, 4.69) is 33.0 Å². The predicted molar refractivity (Wildman–Crippen MR) is 62.6 cm³/mol. The highest BCUT2D eigenvalue weighted by molar-refractivity contribution is 4.79. The molecule has 1 unspecified atom stereocenters. The summed E-state index contributed by atoms with van der Waals surface area (Å²) in [4.78, 5) is 0. The third-order valence-corrected chi connectivity index (χ3v) is 3.23. The van der Waals surface area contributed by atoms with E-state index in [4.69, 9.17) is 4.74 Å². The maximum absolute atomic E-state index is 5.01. The topological polar surface area (TPSA) is 21.3 Å². The van der Waals surface area contributed by atoms with E-state index in [0.29, 0.717) is 5.41 Å². The standard InChI is InChI=1S/C12H27NO/c1-6-7-12(4,11(2)3)10-13-8-9-14-5/h11,13H,6-10H2,1-5H3. The fraction of sp³-hybridized carbons (Fsp3) is 1.00. The summed E-state index contributed by atoms with van der Waals surface area (Å²) in [6, 6.07) is 0. The smallest absolute Gasteiger partial charge is 0.0587 e. The summed E-state index contributed by atoms with van der Waals surface area (Å²) >= 11 is 0. The molecule has 0 saturated heterocycles. The monoisotopic (exact) mass is 201 g/mol. The van der Waals surface area contributed by atoms with E-state index in [1.54, 1.807) is 7.11 Å². The number of rotatable bonds is 8. The largest absolute Gasteiger partial charge is 0.383 e. The minimum atomic E-state index is 0.433. The van der Waals surface area contributed by atoms with E-state index in [1.165, 1.54) is 12.8 Å². The Labute approximate surface area is 89.4 Å². The Kier molecular flexibility index (Phi) is 7.20. The first kappa shape index (κ1) is 13.9. The summed E-state index contributed by atoms with van der Waals surface area (Å²) in [6.45, 7) is 12.1. The lowest BCUT2D eigenvalue weighted by Gasteiger charge is -2.34. The van der Waals surface area contributed by atoms with Crippen molar-refractivity contribution in [2.75, 3.05) is 26.8 Å². The normalized spacial score (nSPS) is 15.9. The van der Waals surface area contributed by atoms with Crippen molar-refractivity contribution in [2.24, 2.45) is 11.3 Å². The number of nitrogens with one attached hydrogen (secondary N) is 1. The van der Waals surface area contributed by atoms with E-state index in [-0.39, 0.29) is 0 Å². The van der Waals surface area contributed by atoms with Gasteiger partial charge in [-0.2, -0.15) is 0 Å². The highest BCUT2D eigenvalue weighted by atomic mass is 16.5. The molecular weight excluding hydrogens is 174 g/mol. The average Bonchev–Trinajstić information content (AvgIpc) is 2.13. The molecular formula is C12H27NO. The fourth-order valence-corrected chi connectivity index (χ4v) is 1.70. The summed E-state index contributed by atoms with van der Waals surface area (Å²) in [7, 11) is 1.75. The van der Waals surface area contributed by atoms with Gasteiger partial charge in [0.2, 0.25) is 0 Å². The molecule has 86 valence electrons. The lowest BCUT2D eigenvalue weighted by atomic mass is 9.75. The van der Waals surface area contributed by atoms with E-state index in [9.17, 15) is 0 Å². The molecule has 0 aromatic heterocycles.